The second kappa shape index (κ2) is 11.8. The Hall–Kier alpha value is -0.730. The van der Waals surface area contributed by atoms with Gasteiger partial charge in [0.2, 0.25) is 5.91 Å². The molecule has 24 heavy (non-hydrogen) atoms. The monoisotopic (exact) mass is 347 g/mol. The summed E-state index contributed by atoms with van der Waals surface area (Å²) in [6, 6.07) is -0.670. The summed E-state index contributed by atoms with van der Waals surface area (Å²) in [7, 11) is 1.58. The standard InChI is InChI=1S/C17H33NO6/c1-5-7-9-22-11-13-15(21-4)16(23-10-8-6-2)14(17(20)24-13)18-12(3)19/h13-17,20H,5-11H2,1-4H3,(H,18,19)/t13-,14+,15-,16-,17+/m1/s1. The number of rotatable bonds is 11. The van der Waals surface area contributed by atoms with Gasteiger partial charge in [0.15, 0.2) is 6.29 Å². The number of nitrogens with one attached hydrogen (secondary N) is 1. The minimum Gasteiger partial charge on any atom is -0.379 e. The average molecular weight is 347 g/mol. The van der Waals surface area contributed by atoms with E-state index in [0.717, 1.165) is 25.7 Å². The smallest absolute Gasteiger partial charge is 0.217 e. The highest BCUT2D eigenvalue weighted by Crippen LogP contribution is 2.25. The third-order valence-electron chi connectivity index (χ3n) is 4.04. The number of unbranched alkanes of at least 4 members (excludes halogenated alkanes) is 2. The number of methoxy groups -OCH3 is 1. The van der Waals surface area contributed by atoms with Crippen LogP contribution in [0.3, 0.4) is 0 Å². The molecule has 0 aromatic heterocycles. The zero-order valence-corrected chi connectivity index (χ0v) is 15.3. The second-order valence-electron chi connectivity index (χ2n) is 6.11. The summed E-state index contributed by atoms with van der Waals surface area (Å²) < 4.78 is 22.8. The van der Waals surface area contributed by atoms with E-state index in [-0.39, 0.29) is 5.91 Å². The Kier molecular flexibility index (Phi) is 10.4. The van der Waals surface area contributed by atoms with Crippen LogP contribution in [0.25, 0.3) is 0 Å². The summed E-state index contributed by atoms with van der Waals surface area (Å²) in [4.78, 5) is 11.5. The van der Waals surface area contributed by atoms with Gasteiger partial charge in [-0.05, 0) is 12.8 Å². The lowest BCUT2D eigenvalue weighted by Crippen LogP contribution is -2.65. The molecular weight excluding hydrogens is 314 g/mol. The molecule has 0 aromatic rings. The van der Waals surface area contributed by atoms with Crippen molar-refractivity contribution in [3.05, 3.63) is 0 Å². The summed E-state index contributed by atoms with van der Waals surface area (Å²) in [6.07, 6.45) is 1.39. The maximum atomic E-state index is 11.5. The van der Waals surface area contributed by atoms with Crippen molar-refractivity contribution in [1.29, 1.82) is 0 Å². The van der Waals surface area contributed by atoms with Crippen LogP contribution >= 0.6 is 0 Å². The first kappa shape index (κ1) is 21.3. The van der Waals surface area contributed by atoms with Gasteiger partial charge in [-0.3, -0.25) is 4.79 Å². The lowest BCUT2D eigenvalue weighted by Gasteiger charge is -2.44. The number of carbonyl (C=O) groups is 1. The van der Waals surface area contributed by atoms with E-state index < -0.39 is 30.6 Å². The minimum atomic E-state index is -1.16. The first-order chi connectivity index (χ1) is 11.5. The molecule has 1 heterocycles. The van der Waals surface area contributed by atoms with E-state index in [0.29, 0.717) is 19.8 Å². The van der Waals surface area contributed by atoms with Crippen molar-refractivity contribution in [1.82, 2.24) is 5.32 Å². The van der Waals surface area contributed by atoms with Gasteiger partial charge in [-0.15, -0.1) is 0 Å². The highest BCUT2D eigenvalue weighted by molar-refractivity contribution is 5.73. The Bertz CT molecular complexity index is 354. The Balaban J connectivity index is 2.77. The van der Waals surface area contributed by atoms with Gasteiger partial charge in [0, 0.05) is 27.2 Å². The molecule has 0 radical (unpaired) electrons. The number of aliphatic hydroxyl groups excluding tert-OH is 1. The third-order valence-corrected chi connectivity index (χ3v) is 4.04. The molecule has 0 bridgehead atoms. The molecule has 1 saturated heterocycles. The summed E-state index contributed by atoms with van der Waals surface area (Å²) in [6.45, 7) is 7.06. The molecule has 5 atom stereocenters. The molecule has 1 fully saturated rings. The summed E-state index contributed by atoms with van der Waals surface area (Å²) in [5.41, 5.74) is 0. The van der Waals surface area contributed by atoms with E-state index in [2.05, 4.69) is 19.2 Å². The van der Waals surface area contributed by atoms with Crippen LogP contribution in [-0.4, -0.2) is 68.6 Å². The predicted molar refractivity (Wildman–Crippen MR) is 89.7 cm³/mol. The second-order valence-corrected chi connectivity index (χ2v) is 6.11. The van der Waals surface area contributed by atoms with E-state index in [9.17, 15) is 9.90 Å². The van der Waals surface area contributed by atoms with E-state index in [4.69, 9.17) is 18.9 Å². The van der Waals surface area contributed by atoms with Crippen LogP contribution in [0.15, 0.2) is 0 Å². The van der Waals surface area contributed by atoms with Crippen LogP contribution < -0.4 is 5.32 Å². The van der Waals surface area contributed by atoms with E-state index in [1.165, 1.54) is 6.92 Å². The minimum absolute atomic E-state index is 0.251. The van der Waals surface area contributed by atoms with Gasteiger partial charge in [-0.1, -0.05) is 26.7 Å². The van der Waals surface area contributed by atoms with Gasteiger partial charge >= 0.3 is 0 Å². The number of ether oxygens (including phenoxy) is 4. The SMILES string of the molecule is CCCCOC[C@H]1O[C@H](O)[C@@H](NC(C)=O)[C@@H](OCCCC)[C@@H]1OC. The normalized spacial score (nSPS) is 30.3. The van der Waals surface area contributed by atoms with Crippen molar-refractivity contribution in [3.8, 4) is 0 Å². The van der Waals surface area contributed by atoms with Crippen LogP contribution in [0.4, 0.5) is 0 Å². The highest BCUT2D eigenvalue weighted by atomic mass is 16.7. The summed E-state index contributed by atoms with van der Waals surface area (Å²) in [5, 5.41) is 13.0. The number of hydrogen-bond acceptors (Lipinski definition) is 6. The molecule has 0 aromatic carbocycles. The number of carbonyl (C=O) groups excluding carboxylic acids is 1. The Morgan fingerprint density at radius 1 is 1.17 bits per heavy atom. The number of amides is 1. The molecule has 142 valence electrons. The lowest BCUT2D eigenvalue weighted by atomic mass is 9.96. The lowest BCUT2D eigenvalue weighted by molar-refractivity contribution is -0.269. The average Bonchev–Trinajstić information content (AvgIpc) is 2.54. The fourth-order valence-electron chi connectivity index (χ4n) is 2.74. The summed E-state index contributed by atoms with van der Waals surface area (Å²) in [5.74, 6) is -0.251. The number of hydrogen-bond donors (Lipinski definition) is 2. The molecule has 1 aliphatic heterocycles. The highest BCUT2D eigenvalue weighted by Gasteiger charge is 2.47. The molecule has 7 heteroatoms. The van der Waals surface area contributed by atoms with E-state index in [1.54, 1.807) is 7.11 Å². The third kappa shape index (κ3) is 6.64. The van der Waals surface area contributed by atoms with Crippen LogP contribution in [0.2, 0.25) is 0 Å². The van der Waals surface area contributed by atoms with Crippen LogP contribution in [0.1, 0.15) is 46.5 Å². The van der Waals surface area contributed by atoms with Gasteiger partial charge in [-0.25, -0.2) is 0 Å². The molecule has 1 rings (SSSR count). The number of aliphatic hydroxyl groups is 1. The van der Waals surface area contributed by atoms with Gasteiger partial charge in [0.05, 0.1) is 6.61 Å². The van der Waals surface area contributed by atoms with Crippen molar-refractivity contribution in [2.75, 3.05) is 26.9 Å². The maximum absolute atomic E-state index is 11.5. The van der Waals surface area contributed by atoms with Crippen molar-refractivity contribution < 1.29 is 28.8 Å². The van der Waals surface area contributed by atoms with Gasteiger partial charge in [0.25, 0.3) is 0 Å². The fraction of sp³-hybridized carbons (Fsp3) is 0.941. The fourth-order valence-corrected chi connectivity index (χ4v) is 2.74. The van der Waals surface area contributed by atoms with Gasteiger partial charge in [-0.2, -0.15) is 0 Å². The van der Waals surface area contributed by atoms with Crippen molar-refractivity contribution in [2.24, 2.45) is 0 Å². The van der Waals surface area contributed by atoms with Gasteiger partial charge in [0.1, 0.15) is 24.4 Å². The zero-order valence-electron chi connectivity index (χ0n) is 15.3. The molecule has 0 saturated carbocycles. The molecular formula is C17H33NO6. The maximum Gasteiger partial charge on any atom is 0.217 e. The van der Waals surface area contributed by atoms with Crippen LogP contribution in [0.5, 0.6) is 0 Å². The van der Waals surface area contributed by atoms with Gasteiger partial charge < -0.3 is 29.4 Å². The quantitative estimate of drug-likeness (QED) is 0.547. The van der Waals surface area contributed by atoms with Crippen molar-refractivity contribution in [2.45, 2.75) is 77.1 Å². The molecule has 2 N–H and O–H groups in total. The van der Waals surface area contributed by atoms with E-state index in [1.807, 2.05) is 0 Å². The van der Waals surface area contributed by atoms with Crippen LogP contribution in [-0.2, 0) is 23.7 Å². The van der Waals surface area contributed by atoms with E-state index >= 15 is 0 Å². The van der Waals surface area contributed by atoms with Crippen LogP contribution in [0, 0.1) is 0 Å². The molecule has 1 amide bonds. The summed E-state index contributed by atoms with van der Waals surface area (Å²) >= 11 is 0. The molecule has 0 unspecified atom stereocenters. The first-order valence-electron chi connectivity index (χ1n) is 8.87. The topological polar surface area (TPSA) is 86.2 Å². The Morgan fingerprint density at radius 3 is 2.42 bits per heavy atom. The largest absolute Gasteiger partial charge is 0.379 e. The molecule has 7 nitrogen and oxygen atoms in total. The zero-order chi connectivity index (χ0) is 17.9. The molecule has 0 aliphatic carbocycles. The Morgan fingerprint density at radius 2 is 1.83 bits per heavy atom. The first-order valence-corrected chi connectivity index (χ1v) is 8.87. The van der Waals surface area contributed by atoms with Crippen molar-refractivity contribution in [3.63, 3.8) is 0 Å². The predicted octanol–water partition coefficient (Wildman–Crippen LogP) is 1.23. The Labute approximate surface area is 145 Å². The molecule has 1 aliphatic rings. The van der Waals surface area contributed by atoms with Crippen molar-refractivity contribution >= 4 is 5.91 Å². The molecule has 0 spiro atoms.